The molecule has 0 aliphatic carbocycles. The van der Waals surface area contributed by atoms with Crippen molar-refractivity contribution >= 4 is 17.7 Å². The molecule has 0 heterocycles. The minimum absolute atomic E-state index is 0.0882. The molecule has 1 amide bonds. The lowest BCUT2D eigenvalue weighted by Gasteiger charge is -2.28. The van der Waals surface area contributed by atoms with Crippen molar-refractivity contribution < 1.29 is 28.6 Å². The van der Waals surface area contributed by atoms with Crippen LogP contribution in [-0.2, 0) is 28.6 Å². The van der Waals surface area contributed by atoms with E-state index < -0.39 is 17.2 Å². The van der Waals surface area contributed by atoms with Crippen molar-refractivity contribution in [2.24, 2.45) is 0 Å². The lowest BCUT2D eigenvalue weighted by atomic mass is 9.93. The Morgan fingerprint density at radius 2 is 1.15 bits per heavy atom. The second-order valence-corrected chi connectivity index (χ2v) is 11.5. The van der Waals surface area contributed by atoms with Gasteiger partial charge in [-0.25, -0.2) is 4.79 Å². The van der Waals surface area contributed by atoms with Gasteiger partial charge in [-0.15, -0.1) is 0 Å². The minimum Gasteiger partial charge on any atom is -0.460 e. The summed E-state index contributed by atoms with van der Waals surface area (Å²) in [6, 6.07) is 0. The highest BCUT2D eigenvalue weighted by molar-refractivity contribution is 5.87. The van der Waals surface area contributed by atoms with Crippen molar-refractivity contribution in [3.8, 4) is 0 Å². The van der Waals surface area contributed by atoms with Crippen LogP contribution in [0.25, 0.3) is 0 Å². The molecule has 0 aromatic heterocycles. The van der Waals surface area contributed by atoms with E-state index in [0.29, 0.717) is 38.0 Å². The zero-order valence-electron chi connectivity index (χ0n) is 26.8. The van der Waals surface area contributed by atoms with Gasteiger partial charge in [-0.05, 0) is 52.9 Å². The lowest BCUT2D eigenvalue weighted by Crippen LogP contribution is -2.47. The summed E-state index contributed by atoms with van der Waals surface area (Å²) in [4.78, 5) is 36.9. The van der Waals surface area contributed by atoms with Gasteiger partial charge in [0.15, 0.2) is 5.78 Å². The summed E-state index contributed by atoms with van der Waals surface area (Å²) in [7, 11) is 0. The van der Waals surface area contributed by atoms with E-state index in [9.17, 15) is 14.4 Å². The van der Waals surface area contributed by atoms with E-state index in [4.69, 9.17) is 14.2 Å². The van der Waals surface area contributed by atoms with Crippen LogP contribution in [0.2, 0.25) is 0 Å². The van der Waals surface area contributed by atoms with Gasteiger partial charge in [0.1, 0.15) is 17.8 Å². The number of ether oxygens (including phenoxy) is 3. The third-order valence-electron chi connectivity index (χ3n) is 7.78. The average molecular weight is 568 g/mol. The van der Waals surface area contributed by atoms with Crippen LogP contribution in [0.5, 0.6) is 0 Å². The van der Waals surface area contributed by atoms with Crippen molar-refractivity contribution in [1.82, 2.24) is 5.32 Å². The van der Waals surface area contributed by atoms with Gasteiger partial charge < -0.3 is 19.5 Å². The Hall–Kier alpha value is -1.73. The zero-order chi connectivity index (χ0) is 30.3. The highest BCUT2D eigenvalue weighted by Gasteiger charge is 2.32. The van der Waals surface area contributed by atoms with Crippen molar-refractivity contribution in [2.45, 2.75) is 155 Å². The first-order chi connectivity index (χ1) is 19.1. The Morgan fingerprint density at radius 3 is 1.65 bits per heavy atom. The van der Waals surface area contributed by atoms with Crippen LogP contribution in [0.3, 0.4) is 0 Å². The van der Waals surface area contributed by atoms with Gasteiger partial charge >= 0.3 is 5.97 Å². The number of ketones is 1. The summed E-state index contributed by atoms with van der Waals surface area (Å²) in [6.45, 7) is 16.4. The minimum atomic E-state index is -0.947. The number of unbranched alkanes of at least 4 members (excludes halogenated alkanes) is 11. The number of esters is 1. The Kier molecular flexibility index (Phi) is 21.9. The number of hydrogen-bond donors (Lipinski definition) is 1. The Balaban J connectivity index is 4.10. The smallest absolute Gasteiger partial charge is 0.333 e. The molecule has 2 unspecified atom stereocenters. The number of carbonyl (C=O) groups excluding carboxylic acids is 3. The van der Waals surface area contributed by atoms with Crippen LogP contribution in [0.4, 0.5) is 0 Å². The van der Waals surface area contributed by atoms with Gasteiger partial charge in [0.25, 0.3) is 5.91 Å². The number of rotatable bonds is 27. The van der Waals surface area contributed by atoms with Crippen LogP contribution < -0.4 is 5.32 Å². The van der Waals surface area contributed by atoms with E-state index in [0.717, 1.165) is 25.7 Å². The van der Waals surface area contributed by atoms with Crippen LogP contribution in [0.1, 0.15) is 144 Å². The van der Waals surface area contributed by atoms with Crippen molar-refractivity contribution in [1.29, 1.82) is 0 Å². The first kappa shape index (κ1) is 38.3. The van der Waals surface area contributed by atoms with Crippen molar-refractivity contribution in [3.63, 3.8) is 0 Å². The topological polar surface area (TPSA) is 90.9 Å². The van der Waals surface area contributed by atoms with Gasteiger partial charge in [0.05, 0.1) is 6.54 Å². The quantitative estimate of drug-likeness (QED) is 0.0623. The van der Waals surface area contributed by atoms with E-state index in [1.54, 1.807) is 13.8 Å². The predicted molar refractivity (Wildman–Crippen MR) is 163 cm³/mol. The van der Waals surface area contributed by atoms with Crippen molar-refractivity contribution in [2.75, 3.05) is 26.4 Å². The molecule has 0 radical (unpaired) electrons. The number of Topliss-reactive ketones (excluding diaryl/α,β-unsaturated/α-hetero) is 1. The molecular weight excluding hydrogens is 506 g/mol. The number of nitrogens with one attached hydrogen (secondary N) is 1. The molecule has 0 aromatic rings. The monoisotopic (exact) mass is 567 g/mol. The van der Waals surface area contributed by atoms with E-state index in [1.165, 1.54) is 57.8 Å². The van der Waals surface area contributed by atoms with Crippen LogP contribution >= 0.6 is 0 Å². The Bertz CT molecular complexity index is 724. The molecule has 0 aliphatic rings. The van der Waals surface area contributed by atoms with Gasteiger partial charge in [-0.2, -0.15) is 0 Å². The van der Waals surface area contributed by atoms with Gasteiger partial charge in [-0.3, -0.25) is 9.59 Å². The lowest BCUT2D eigenvalue weighted by molar-refractivity contribution is -0.147. The third-order valence-corrected chi connectivity index (χ3v) is 7.78. The predicted octanol–water partition coefficient (Wildman–Crippen LogP) is 7.64. The maximum absolute atomic E-state index is 12.9. The fourth-order valence-electron chi connectivity index (χ4n) is 4.34. The normalized spacial score (nSPS) is 14.2. The maximum Gasteiger partial charge on any atom is 0.333 e. The summed E-state index contributed by atoms with van der Waals surface area (Å²) in [5.41, 5.74) is -1.32. The van der Waals surface area contributed by atoms with Gasteiger partial charge in [0.2, 0.25) is 0 Å². The molecule has 234 valence electrons. The van der Waals surface area contributed by atoms with E-state index in [1.807, 2.05) is 20.8 Å². The number of carbonyl (C=O) groups is 3. The molecule has 2 atom stereocenters. The molecule has 0 saturated carbocycles. The van der Waals surface area contributed by atoms with E-state index in [2.05, 4.69) is 18.8 Å². The van der Waals surface area contributed by atoms with Crippen LogP contribution in [-0.4, -0.2) is 55.2 Å². The third kappa shape index (κ3) is 17.2. The molecule has 0 spiro atoms. The molecule has 0 rings (SSSR count). The standard InChI is InChI=1S/C33H61NO6/c1-8-11-12-13-14-15-16-17-18-21-25-39-32(6,9-2)29(35)23-20-19-22-26-40-33(7,10-3)31(37)34-24-27-38-30(36)28(4)5/h4,8-27H2,1-3,5-7H3,(H,34,37). The first-order valence-electron chi connectivity index (χ1n) is 16.0. The van der Waals surface area contributed by atoms with E-state index in [-0.39, 0.29) is 24.8 Å². The molecule has 0 saturated heterocycles. The second-order valence-electron chi connectivity index (χ2n) is 11.5. The second kappa shape index (κ2) is 22.9. The molecule has 40 heavy (non-hydrogen) atoms. The fourth-order valence-corrected chi connectivity index (χ4v) is 4.34. The molecule has 1 N–H and O–H groups in total. The largest absolute Gasteiger partial charge is 0.460 e. The molecule has 7 nitrogen and oxygen atoms in total. The molecule has 0 aliphatic heterocycles. The highest BCUT2D eigenvalue weighted by atomic mass is 16.5. The molecule has 7 heteroatoms. The summed E-state index contributed by atoms with van der Waals surface area (Å²) in [5, 5.41) is 2.77. The summed E-state index contributed by atoms with van der Waals surface area (Å²) < 4.78 is 17.0. The van der Waals surface area contributed by atoms with Crippen LogP contribution in [0, 0.1) is 0 Å². The van der Waals surface area contributed by atoms with Gasteiger partial charge in [0, 0.05) is 25.2 Å². The number of hydrogen-bond acceptors (Lipinski definition) is 6. The summed E-state index contributed by atoms with van der Waals surface area (Å²) in [5.74, 6) is -0.523. The van der Waals surface area contributed by atoms with Crippen LogP contribution in [0.15, 0.2) is 12.2 Å². The summed E-state index contributed by atoms with van der Waals surface area (Å²) >= 11 is 0. The average Bonchev–Trinajstić information content (AvgIpc) is 2.94. The zero-order valence-corrected chi connectivity index (χ0v) is 26.8. The molecule has 0 aromatic carbocycles. The first-order valence-corrected chi connectivity index (χ1v) is 16.0. The SMILES string of the molecule is C=C(C)C(=O)OCCNC(=O)C(C)(CC)OCCCCCC(=O)C(C)(CC)OCCCCCCCCCCCC. The fraction of sp³-hybridized carbons (Fsp3) is 0.848. The highest BCUT2D eigenvalue weighted by Crippen LogP contribution is 2.22. The molecule has 0 bridgehead atoms. The van der Waals surface area contributed by atoms with Crippen molar-refractivity contribution in [3.05, 3.63) is 12.2 Å². The van der Waals surface area contributed by atoms with E-state index >= 15 is 0 Å². The molecule has 0 fully saturated rings. The Morgan fingerprint density at radius 1 is 0.675 bits per heavy atom. The van der Waals surface area contributed by atoms with Gasteiger partial charge in [-0.1, -0.05) is 91.6 Å². The summed E-state index contributed by atoms with van der Waals surface area (Å²) in [6.07, 6.45) is 16.9. The molecular formula is C33H61NO6. The number of amides is 1. The maximum atomic E-state index is 12.9. The Labute approximate surface area is 245 Å².